The summed E-state index contributed by atoms with van der Waals surface area (Å²) in [5.41, 5.74) is -0.106. The highest BCUT2D eigenvalue weighted by Crippen LogP contribution is 2.34. The molecule has 3 aliphatic heterocycles. The van der Waals surface area contributed by atoms with Crippen LogP contribution in [0.3, 0.4) is 0 Å². The summed E-state index contributed by atoms with van der Waals surface area (Å²) in [4.78, 5) is 6.42. The van der Waals surface area contributed by atoms with Gasteiger partial charge in [-0.15, -0.1) is 11.3 Å². The normalized spacial score (nSPS) is 33.1. The first-order valence-corrected chi connectivity index (χ1v) is 10.00. The minimum Gasteiger partial charge on any atom is -0.379 e. The highest BCUT2D eigenvalue weighted by molar-refractivity contribution is 7.09. The van der Waals surface area contributed by atoms with E-state index >= 15 is 0 Å². The molecule has 6 heteroatoms. The molecule has 1 aromatic heterocycles. The fourth-order valence-electron chi connectivity index (χ4n) is 4.06. The number of rotatable bonds is 4. The number of ether oxygens (including phenoxy) is 3. The van der Waals surface area contributed by atoms with Crippen molar-refractivity contribution >= 4 is 11.3 Å². The van der Waals surface area contributed by atoms with Crippen LogP contribution in [0.15, 0.2) is 17.5 Å². The van der Waals surface area contributed by atoms with Gasteiger partial charge < -0.3 is 14.2 Å². The quantitative estimate of drug-likeness (QED) is 0.826. The Labute approximate surface area is 148 Å². The third-order valence-corrected chi connectivity index (χ3v) is 6.15. The number of hydrogen-bond acceptors (Lipinski definition) is 6. The van der Waals surface area contributed by atoms with E-state index in [0.717, 1.165) is 78.5 Å². The Morgan fingerprint density at radius 3 is 2.79 bits per heavy atom. The molecule has 0 N–H and O–H groups in total. The van der Waals surface area contributed by atoms with E-state index in [1.165, 1.54) is 4.88 Å². The van der Waals surface area contributed by atoms with Gasteiger partial charge in [0.15, 0.2) is 0 Å². The molecule has 4 rings (SSSR count). The Bertz CT molecular complexity index is 506. The van der Waals surface area contributed by atoms with E-state index in [9.17, 15) is 0 Å². The highest BCUT2D eigenvalue weighted by Gasteiger charge is 2.43. The molecule has 0 bridgehead atoms. The van der Waals surface area contributed by atoms with Gasteiger partial charge >= 0.3 is 0 Å². The summed E-state index contributed by atoms with van der Waals surface area (Å²) >= 11 is 1.84. The maximum atomic E-state index is 6.58. The summed E-state index contributed by atoms with van der Waals surface area (Å²) in [6.07, 6.45) is 2.60. The minimum atomic E-state index is -0.106. The zero-order valence-electron chi connectivity index (χ0n) is 14.3. The number of thiophene rings is 1. The average molecular weight is 353 g/mol. The molecule has 1 spiro atoms. The van der Waals surface area contributed by atoms with Crippen molar-refractivity contribution in [3.05, 3.63) is 22.4 Å². The Kier molecular flexibility index (Phi) is 5.51. The van der Waals surface area contributed by atoms with Crippen LogP contribution in [0.5, 0.6) is 0 Å². The molecule has 0 amide bonds. The molecule has 0 aromatic carbocycles. The van der Waals surface area contributed by atoms with Crippen molar-refractivity contribution < 1.29 is 14.2 Å². The summed E-state index contributed by atoms with van der Waals surface area (Å²) in [5.74, 6) is 0. The van der Waals surface area contributed by atoms with Gasteiger partial charge in [0.1, 0.15) is 5.60 Å². The van der Waals surface area contributed by atoms with E-state index < -0.39 is 0 Å². The maximum Gasteiger partial charge on any atom is 0.105 e. The summed E-state index contributed by atoms with van der Waals surface area (Å²) < 4.78 is 17.9. The van der Waals surface area contributed by atoms with Crippen molar-refractivity contribution in [1.29, 1.82) is 0 Å². The molecular weight excluding hydrogens is 324 g/mol. The van der Waals surface area contributed by atoms with Crippen molar-refractivity contribution in [2.75, 3.05) is 59.2 Å². The largest absolute Gasteiger partial charge is 0.379 e. The Morgan fingerprint density at radius 1 is 1.12 bits per heavy atom. The molecule has 2 atom stereocenters. The molecular formula is C18H28N2O3S. The lowest BCUT2D eigenvalue weighted by Gasteiger charge is -2.33. The Balaban J connectivity index is 1.34. The summed E-state index contributed by atoms with van der Waals surface area (Å²) in [6.45, 7) is 9.38. The van der Waals surface area contributed by atoms with Crippen LogP contribution < -0.4 is 0 Å². The molecule has 24 heavy (non-hydrogen) atoms. The van der Waals surface area contributed by atoms with Crippen LogP contribution in [0.2, 0.25) is 0 Å². The van der Waals surface area contributed by atoms with Gasteiger partial charge in [-0.2, -0.15) is 0 Å². The maximum absolute atomic E-state index is 6.58. The van der Waals surface area contributed by atoms with Gasteiger partial charge in [0.05, 0.1) is 32.5 Å². The van der Waals surface area contributed by atoms with Gasteiger partial charge in [-0.3, -0.25) is 9.80 Å². The fourth-order valence-corrected chi connectivity index (χ4v) is 4.81. The number of morpholine rings is 1. The van der Waals surface area contributed by atoms with E-state index in [0.29, 0.717) is 6.10 Å². The van der Waals surface area contributed by atoms with E-state index in [4.69, 9.17) is 14.2 Å². The smallest absolute Gasteiger partial charge is 0.105 e. The predicted octanol–water partition coefficient (Wildman–Crippen LogP) is 1.83. The molecule has 3 saturated heterocycles. The number of hydrogen-bond donors (Lipinski definition) is 0. The van der Waals surface area contributed by atoms with Gasteiger partial charge in [0.2, 0.25) is 0 Å². The predicted molar refractivity (Wildman–Crippen MR) is 94.5 cm³/mol. The third-order valence-electron chi connectivity index (χ3n) is 5.29. The van der Waals surface area contributed by atoms with Crippen molar-refractivity contribution in [2.45, 2.75) is 31.1 Å². The Hall–Kier alpha value is -0.500. The molecule has 3 fully saturated rings. The summed E-state index contributed by atoms with van der Waals surface area (Å²) in [7, 11) is 0. The fraction of sp³-hybridized carbons (Fsp3) is 0.778. The van der Waals surface area contributed by atoms with E-state index in [-0.39, 0.29) is 5.60 Å². The van der Waals surface area contributed by atoms with Gasteiger partial charge in [0.25, 0.3) is 0 Å². The van der Waals surface area contributed by atoms with Crippen LogP contribution in [-0.2, 0) is 20.8 Å². The molecule has 0 aliphatic carbocycles. The lowest BCUT2D eigenvalue weighted by Crippen LogP contribution is -2.46. The summed E-state index contributed by atoms with van der Waals surface area (Å²) in [6, 6.07) is 4.36. The molecule has 0 unspecified atom stereocenters. The first-order chi connectivity index (χ1) is 11.8. The SMILES string of the molecule is c1csc(CN2CCOC[C@@]3(CC[C@@H](CN4CCOCC4)O3)C2)c1. The molecule has 4 heterocycles. The van der Waals surface area contributed by atoms with Crippen molar-refractivity contribution in [1.82, 2.24) is 9.80 Å². The summed E-state index contributed by atoms with van der Waals surface area (Å²) in [5, 5.41) is 2.16. The van der Waals surface area contributed by atoms with Crippen molar-refractivity contribution in [3.8, 4) is 0 Å². The lowest BCUT2D eigenvalue weighted by atomic mass is 10.00. The van der Waals surface area contributed by atoms with Crippen LogP contribution >= 0.6 is 11.3 Å². The second kappa shape index (κ2) is 7.81. The number of nitrogens with zero attached hydrogens (tertiary/aromatic N) is 2. The molecule has 3 aliphatic rings. The molecule has 0 radical (unpaired) electrons. The van der Waals surface area contributed by atoms with Gasteiger partial charge in [0, 0.05) is 44.1 Å². The first kappa shape index (κ1) is 16.9. The van der Waals surface area contributed by atoms with Crippen molar-refractivity contribution in [2.24, 2.45) is 0 Å². The second-order valence-corrected chi connectivity index (χ2v) is 8.25. The Morgan fingerprint density at radius 2 is 1.96 bits per heavy atom. The van der Waals surface area contributed by atoms with Crippen LogP contribution in [0.25, 0.3) is 0 Å². The monoisotopic (exact) mass is 352 g/mol. The van der Waals surface area contributed by atoms with Crippen LogP contribution in [-0.4, -0.2) is 80.7 Å². The third kappa shape index (κ3) is 4.18. The van der Waals surface area contributed by atoms with E-state index in [2.05, 4.69) is 27.3 Å². The van der Waals surface area contributed by atoms with Crippen LogP contribution in [0.1, 0.15) is 17.7 Å². The lowest BCUT2D eigenvalue weighted by molar-refractivity contribution is -0.0966. The molecule has 5 nitrogen and oxygen atoms in total. The van der Waals surface area contributed by atoms with Crippen molar-refractivity contribution in [3.63, 3.8) is 0 Å². The molecule has 1 aromatic rings. The van der Waals surface area contributed by atoms with Gasteiger partial charge in [-0.05, 0) is 24.3 Å². The second-order valence-electron chi connectivity index (χ2n) is 7.22. The molecule has 0 saturated carbocycles. The minimum absolute atomic E-state index is 0.106. The van der Waals surface area contributed by atoms with Crippen LogP contribution in [0.4, 0.5) is 0 Å². The van der Waals surface area contributed by atoms with Gasteiger partial charge in [-0.25, -0.2) is 0 Å². The zero-order chi connectivity index (χ0) is 16.2. The van der Waals surface area contributed by atoms with Crippen LogP contribution in [0, 0.1) is 0 Å². The van der Waals surface area contributed by atoms with Gasteiger partial charge in [-0.1, -0.05) is 6.07 Å². The standard InChI is InChI=1S/C18H28N2O3S/c1-2-17(24-11-1)13-20-7-10-22-15-18(14-20)4-3-16(23-18)12-19-5-8-21-9-6-19/h1-2,11,16H,3-10,12-15H2/t16-,18+/m0/s1. The van der Waals surface area contributed by atoms with E-state index in [1.54, 1.807) is 0 Å². The average Bonchev–Trinajstić information content (AvgIpc) is 3.18. The highest BCUT2D eigenvalue weighted by atomic mass is 32.1. The molecule has 134 valence electrons. The first-order valence-electron chi connectivity index (χ1n) is 9.12. The van der Waals surface area contributed by atoms with E-state index in [1.807, 2.05) is 11.3 Å². The zero-order valence-corrected chi connectivity index (χ0v) is 15.1. The topological polar surface area (TPSA) is 34.2 Å².